The molecule has 0 saturated carbocycles. The summed E-state index contributed by atoms with van der Waals surface area (Å²) in [5.41, 5.74) is 1.92. The van der Waals surface area contributed by atoms with Gasteiger partial charge in [-0.15, -0.1) is 0 Å². The van der Waals surface area contributed by atoms with Crippen LogP contribution in [0, 0.1) is 0 Å². The Morgan fingerprint density at radius 3 is 2.53 bits per heavy atom. The zero-order valence-corrected chi connectivity index (χ0v) is 10.8. The van der Waals surface area contributed by atoms with Gasteiger partial charge in [0.05, 0.1) is 11.6 Å². The average Bonchev–Trinajstić information content (AvgIpc) is 2.91. The first-order chi connectivity index (χ1) is 8.20. The van der Waals surface area contributed by atoms with E-state index in [1.807, 2.05) is 61.1 Å². The minimum Gasteiger partial charge on any atom is -0.335 e. The van der Waals surface area contributed by atoms with E-state index in [-0.39, 0.29) is 11.9 Å². The van der Waals surface area contributed by atoms with Gasteiger partial charge in [0.2, 0.25) is 0 Å². The minimum atomic E-state index is 0.0719. The van der Waals surface area contributed by atoms with Crippen molar-refractivity contribution in [3.8, 4) is 0 Å². The van der Waals surface area contributed by atoms with E-state index >= 15 is 0 Å². The molecule has 0 saturated heterocycles. The first kappa shape index (κ1) is 11.9. The van der Waals surface area contributed by atoms with E-state index < -0.39 is 0 Å². The Labute approximate surface area is 106 Å². The van der Waals surface area contributed by atoms with Gasteiger partial charge in [-0.1, -0.05) is 30.3 Å². The first-order valence-electron chi connectivity index (χ1n) is 5.54. The molecule has 0 fully saturated rings. The number of carbonyl (C=O) groups excluding carboxylic acids is 1. The van der Waals surface area contributed by atoms with Gasteiger partial charge in [0.15, 0.2) is 0 Å². The predicted molar refractivity (Wildman–Crippen MR) is 71.3 cm³/mol. The number of hydrogen-bond acceptors (Lipinski definition) is 2. The quantitative estimate of drug-likeness (QED) is 0.809. The summed E-state index contributed by atoms with van der Waals surface area (Å²) in [5.74, 6) is 0.0719. The highest BCUT2D eigenvalue weighted by atomic mass is 32.1. The minimum absolute atomic E-state index is 0.0719. The molecule has 0 aliphatic heterocycles. The molecule has 0 N–H and O–H groups in total. The van der Waals surface area contributed by atoms with Crippen molar-refractivity contribution in [2.45, 2.75) is 13.0 Å². The van der Waals surface area contributed by atoms with E-state index in [2.05, 4.69) is 0 Å². The van der Waals surface area contributed by atoms with E-state index in [4.69, 9.17) is 0 Å². The van der Waals surface area contributed by atoms with E-state index in [1.165, 1.54) is 0 Å². The zero-order chi connectivity index (χ0) is 12.3. The Kier molecular flexibility index (Phi) is 3.59. The number of benzene rings is 1. The highest BCUT2D eigenvalue weighted by molar-refractivity contribution is 7.08. The molecular weight excluding hydrogens is 230 g/mol. The third-order valence-electron chi connectivity index (χ3n) is 2.95. The molecule has 2 aromatic rings. The second kappa shape index (κ2) is 5.15. The van der Waals surface area contributed by atoms with Crippen molar-refractivity contribution in [2.24, 2.45) is 0 Å². The number of amides is 1. The molecule has 0 radical (unpaired) electrons. The van der Waals surface area contributed by atoms with Gasteiger partial charge in [-0.05, 0) is 23.9 Å². The van der Waals surface area contributed by atoms with Gasteiger partial charge in [-0.2, -0.15) is 11.3 Å². The van der Waals surface area contributed by atoms with Crippen LogP contribution in [-0.4, -0.2) is 17.9 Å². The Balaban J connectivity index is 2.15. The van der Waals surface area contributed by atoms with Crippen molar-refractivity contribution in [3.05, 3.63) is 58.3 Å². The lowest BCUT2D eigenvalue weighted by atomic mass is 10.1. The van der Waals surface area contributed by atoms with Crippen LogP contribution in [-0.2, 0) is 0 Å². The van der Waals surface area contributed by atoms with E-state index in [0.717, 1.165) is 11.1 Å². The predicted octanol–water partition coefficient (Wildman–Crippen LogP) is 3.58. The molecular formula is C14H15NOS. The summed E-state index contributed by atoms with van der Waals surface area (Å²) in [6, 6.07) is 12.0. The topological polar surface area (TPSA) is 20.3 Å². The molecule has 17 heavy (non-hydrogen) atoms. The fraction of sp³-hybridized carbons (Fsp3) is 0.214. The number of thiophene rings is 1. The van der Waals surface area contributed by atoms with E-state index in [0.29, 0.717) is 0 Å². The maximum absolute atomic E-state index is 12.2. The summed E-state index contributed by atoms with van der Waals surface area (Å²) in [5, 5.41) is 3.81. The van der Waals surface area contributed by atoms with E-state index in [9.17, 15) is 4.79 Å². The molecule has 88 valence electrons. The molecule has 0 aliphatic rings. The third kappa shape index (κ3) is 2.56. The highest BCUT2D eigenvalue weighted by Crippen LogP contribution is 2.20. The Morgan fingerprint density at radius 1 is 1.24 bits per heavy atom. The summed E-state index contributed by atoms with van der Waals surface area (Å²) in [7, 11) is 1.84. The maximum atomic E-state index is 12.2. The van der Waals surface area contributed by atoms with Gasteiger partial charge in [0.1, 0.15) is 0 Å². The number of rotatable bonds is 3. The standard InChI is InChI=1S/C14H15NOS/c1-11(12-6-4-3-5-7-12)15(2)14(16)13-8-9-17-10-13/h3-11H,1-2H3. The number of hydrogen-bond donors (Lipinski definition) is 0. The smallest absolute Gasteiger partial charge is 0.254 e. The van der Waals surface area contributed by atoms with Crippen molar-refractivity contribution in [3.63, 3.8) is 0 Å². The summed E-state index contributed by atoms with van der Waals surface area (Å²) in [4.78, 5) is 13.9. The second-order valence-electron chi connectivity index (χ2n) is 4.01. The molecule has 1 heterocycles. The number of carbonyl (C=O) groups is 1. The Bertz CT molecular complexity index is 478. The lowest BCUT2D eigenvalue weighted by Crippen LogP contribution is -2.29. The van der Waals surface area contributed by atoms with Gasteiger partial charge in [0.25, 0.3) is 5.91 Å². The average molecular weight is 245 g/mol. The van der Waals surface area contributed by atoms with Crippen molar-refractivity contribution >= 4 is 17.2 Å². The highest BCUT2D eigenvalue weighted by Gasteiger charge is 2.18. The van der Waals surface area contributed by atoms with Crippen molar-refractivity contribution in [1.29, 1.82) is 0 Å². The summed E-state index contributed by atoms with van der Waals surface area (Å²) >= 11 is 1.55. The molecule has 2 nitrogen and oxygen atoms in total. The van der Waals surface area contributed by atoms with Crippen LogP contribution >= 0.6 is 11.3 Å². The second-order valence-corrected chi connectivity index (χ2v) is 4.79. The summed E-state index contributed by atoms with van der Waals surface area (Å²) < 4.78 is 0. The SMILES string of the molecule is CC(c1ccccc1)N(C)C(=O)c1ccsc1. The monoisotopic (exact) mass is 245 g/mol. The normalized spacial score (nSPS) is 12.1. The van der Waals surface area contributed by atoms with Crippen LogP contribution in [0.15, 0.2) is 47.2 Å². The lowest BCUT2D eigenvalue weighted by molar-refractivity contribution is 0.0743. The van der Waals surface area contributed by atoms with Gasteiger partial charge < -0.3 is 4.90 Å². The first-order valence-corrected chi connectivity index (χ1v) is 6.48. The van der Waals surface area contributed by atoms with Crippen LogP contribution in [0.5, 0.6) is 0 Å². The molecule has 0 bridgehead atoms. The third-order valence-corrected chi connectivity index (χ3v) is 3.63. The number of nitrogens with zero attached hydrogens (tertiary/aromatic N) is 1. The van der Waals surface area contributed by atoms with Crippen LogP contribution in [0.25, 0.3) is 0 Å². The summed E-state index contributed by atoms with van der Waals surface area (Å²) in [6.07, 6.45) is 0. The van der Waals surface area contributed by atoms with Crippen LogP contribution in [0.2, 0.25) is 0 Å². The fourth-order valence-electron chi connectivity index (χ4n) is 1.72. The van der Waals surface area contributed by atoms with Crippen molar-refractivity contribution in [1.82, 2.24) is 4.90 Å². The molecule has 1 amide bonds. The molecule has 1 aromatic heterocycles. The van der Waals surface area contributed by atoms with Crippen LogP contribution < -0.4 is 0 Å². The molecule has 1 unspecified atom stereocenters. The van der Waals surface area contributed by atoms with Crippen molar-refractivity contribution < 1.29 is 4.79 Å². The lowest BCUT2D eigenvalue weighted by Gasteiger charge is -2.25. The largest absolute Gasteiger partial charge is 0.335 e. The van der Waals surface area contributed by atoms with Crippen LogP contribution in [0.4, 0.5) is 0 Å². The molecule has 1 aromatic carbocycles. The Morgan fingerprint density at radius 2 is 1.94 bits per heavy atom. The molecule has 2 rings (SSSR count). The Hall–Kier alpha value is -1.61. The van der Waals surface area contributed by atoms with Gasteiger partial charge in [-0.25, -0.2) is 0 Å². The fourth-order valence-corrected chi connectivity index (χ4v) is 2.35. The molecule has 0 aliphatic carbocycles. The van der Waals surface area contributed by atoms with Crippen molar-refractivity contribution in [2.75, 3.05) is 7.05 Å². The molecule has 1 atom stereocenters. The van der Waals surface area contributed by atoms with Gasteiger partial charge >= 0.3 is 0 Å². The van der Waals surface area contributed by atoms with Crippen LogP contribution in [0.1, 0.15) is 28.9 Å². The van der Waals surface area contributed by atoms with Gasteiger partial charge in [0, 0.05) is 12.4 Å². The molecule has 0 spiro atoms. The van der Waals surface area contributed by atoms with E-state index in [1.54, 1.807) is 16.2 Å². The maximum Gasteiger partial charge on any atom is 0.254 e. The van der Waals surface area contributed by atoms with Gasteiger partial charge in [-0.3, -0.25) is 4.79 Å². The molecule has 3 heteroatoms. The zero-order valence-electron chi connectivity index (χ0n) is 9.96. The summed E-state index contributed by atoms with van der Waals surface area (Å²) in [6.45, 7) is 2.04. The van der Waals surface area contributed by atoms with Crippen LogP contribution in [0.3, 0.4) is 0 Å².